The van der Waals surface area contributed by atoms with Crippen molar-refractivity contribution in [3.63, 3.8) is 0 Å². The van der Waals surface area contributed by atoms with Gasteiger partial charge in [-0.1, -0.05) is 23.5 Å². The summed E-state index contributed by atoms with van der Waals surface area (Å²) in [6.07, 6.45) is 1.63. The van der Waals surface area contributed by atoms with E-state index in [0.717, 1.165) is 42.3 Å². The van der Waals surface area contributed by atoms with E-state index in [2.05, 4.69) is 16.3 Å². The Morgan fingerprint density at radius 3 is 2.57 bits per heavy atom. The van der Waals surface area contributed by atoms with Crippen LogP contribution in [-0.4, -0.2) is 38.2 Å². The van der Waals surface area contributed by atoms with E-state index >= 15 is 0 Å². The molecule has 1 fully saturated rings. The number of ether oxygens (including phenoxy) is 2. The Bertz CT molecular complexity index is 947. The van der Waals surface area contributed by atoms with E-state index in [1.807, 2.05) is 24.3 Å². The molecule has 146 valence electrons. The van der Waals surface area contributed by atoms with Crippen LogP contribution in [0.1, 0.15) is 12.8 Å². The summed E-state index contributed by atoms with van der Waals surface area (Å²) in [6, 6.07) is 13.6. The lowest BCUT2D eigenvalue weighted by Gasteiger charge is -2.31. The average Bonchev–Trinajstić information content (AvgIpc) is 3.18. The van der Waals surface area contributed by atoms with E-state index in [1.165, 1.54) is 4.70 Å². The number of nitrogens with zero attached hydrogens (tertiary/aromatic N) is 2. The highest BCUT2D eigenvalue weighted by molar-refractivity contribution is 7.22. The number of hydrogen-bond donors (Lipinski definition) is 1. The number of aromatic nitrogens is 1. The lowest BCUT2D eigenvalue weighted by molar-refractivity contribution is -0.120. The number of rotatable bonds is 5. The SMILES string of the molecule is COc1ccc(NC(=O)C2CCN(c3nc4ccccc4s3)CC2)cc1OC. The van der Waals surface area contributed by atoms with Crippen molar-refractivity contribution < 1.29 is 14.3 Å². The van der Waals surface area contributed by atoms with Crippen molar-refractivity contribution in [3.8, 4) is 11.5 Å². The molecule has 4 rings (SSSR count). The van der Waals surface area contributed by atoms with E-state index in [9.17, 15) is 4.79 Å². The summed E-state index contributed by atoms with van der Waals surface area (Å²) in [5, 5.41) is 4.05. The minimum absolute atomic E-state index is 0.00118. The molecule has 1 aliphatic heterocycles. The van der Waals surface area contributed by atoms with Gasteiger partial charge in [0.2, 0.25) is 5.91 Å². The summed E-state index contributed by atoms with van der Waals surface area (Å²) in [5.74, 6) is 1.30. The Morgan fingerprint density at radius 1 is 1.11 bits per heavy atom. The number of thiazole rings is 1. The van der Waals surface area contributed by atoms with Crippen LogP contribution in [0.3, 0.4) is 0 Å². The minimum Gasteiger partial charge on any atom is -0.493 e. The van der Waals surface area contributed by atoms with Crippen molar-refractivity contribution in [1.82, 2.24) is 4.98 Å². The molecule has 0 saturated carbocycles. The van der Waals surface area contributed by atoms with Crippen LogP contribution in [0, 0.1) is 5.92 Å². The van der Waals surface area contributed by atoms with Gasteiger partial charge in [0.05, 0.1) is 24.4 Å². The van der Waals surface area contributed by atoms with Crippen LogP contribution in [0.2, 0.25) is 0 Å². The largest absolute Gasteiger partial charge is 0.493 e. The molecule has 0 spiro atoms. The molecule has 1 amide bonds. The first-order valence-electron chi connectivity index (χ1n) is 9.31. The first-order valence-corrected chi connectivity index (χ1v) is 10.1. The summed E-state index contributed by atoms with van der Waals surface area (Å²) in [5.41, 5.74) is 1.76. The molecule has 3 aromatic rings. The van der Waals surface area contributed by atoms with Gasteiger partial charge in [0, 0.05) is 30.8 Å². The van der Waals surface area contributed by atoms with Gasteiger partial charge in [0.15, 0.2) is 16.6 Å². The van der Waals surface area contributed by atoms with Crippen LogP contribution in [0.25, 0.3) is 10.2 Å². The van der Waals surface area contributed by atoms with Crippen LogP contribution >= 0.6 is 11.3 Å². The Morgan fingerprint density at radius 2 is 1.86 bits per heavy atom. The zero-order chi connectivity index (χ0) is 19.5. The monoisotopic (exact) mass is 397 g/mol. The predicted molar refractivity (Wildman–Crippen MR) is 113 cm³/mol. The number of piperidine rings is 1. The summed E-state index contributed by atoms with van der Waals surface area (Å²) in [7, 11) is 3.18. The molecule has 0 atom stereocenters. The third-order valence-electron chi connectivity index (χ3n) is 5.07. The lowest BCUT2D eigenvalue weighted by Crippen LogP contribution is -2.38. The summed E-state index contributed by atoms with van der Waals surface area (Å²) >= 11 is 1.71. The van der Waals surface area contributed by atoms with Crippen molar-refractivity contribution in [3.05, 3.63) is 42.5 Å². The number of methoxy groups -OCH3 is 2. The van der Waals surface area contributed by atoms with Crippen molar-refractivity contribution in [1.29, 1.82) is 0 Å². The zero-order valence-corrected chi connectivity index (χ0v) is 16.8. The maximum Gasteiger partial charge on any atom is 0.227 e. The third kappa shape index (κ3) is 3.75. The number of anilines is 2. The fourth-order valence-corrected chi connectivity index (χ4v) is 4.50. The molecule has 1 N–H and O–H groups in total. The molecule has 0 aliphatic carbocycles. The number of carbonyl (C=O) groups is 1. The van der Waals surface area contributed by atoms with Gasteiger partial charge in [-0.05, 0) is 37.1 Å². The van der Waals surface area contributed by atoms with Crippen LogP contribution in [0.5, 0.6) is 11.5 Å². The van der Waals surface area contributed by atoms with Gasteiger partial charge in [-0.15, -0.1) is 0 Å². The van der Waals surface area contributed by atoms with Gasteiger partial charge >= 0.3 is 0 Å². The second-order valence-corrected chi connectivity index (χ2v) is 7.79. The summed E-state index contributed by atoms with van der Waals surface area (Å²) in [6.45, 7) is 1.67. The average molecular weight is 398 g/mol. The Kier molecular flexibility index (Phi) is 5.34. The molecule has 2 aromatic carbocycles. The molecule has 0 unspecified atom stereocenters. The molecule has 7 heteroatoms. The molecule has 1 aliphatic rings. The Labute approximate surface area is 168 Å². The fraction of sp³-hybridized carbons (Fsp3) is 0.333. The van der Waals surface area contributed by atoms with Crippen LogP contribution in [0.4, 0.5) is 10.8 Å². The first-order chi connectivity index (χ1) is 13.7. The second kappa shape index (κ2) is 8.06. The minimum atomic E-state index is -0.00118. The van der Waals surface area contributed by atoms with E-state index in [1.54, 1.807) is 37.7 Å². The summed E-state index contributed by atoms with van der Waals surface area (Å²) < 4.78 is 11.7. The highest BCUT2D eigenvalue weighted by atomic mass is 32.1. The van der Waals surface area contributed by atoms with Gasteiger partial charge in [0.25, 0.3) is 0 Å². The molecule has 2 heterocycles. The van der Waals surface area contributed by atoms with Crippen molar-refractivity contribution >= 4 is 38.3 Å². The van der Waals surface area contributed by atoms with Gasteiger partial charge in [0.1, 0.15) is 0 Å². The van der Waals surface area contributed by atoms with E-state index in [4.69, 9.17) is 14.5 Å². The molecule has 1 saturated heterocycles. The molecule has 0 bridgehead atoms. The second-order valence-electron chi connectivity index (χ2n) is 6.78. The number of benzene rings is 2. The van der Waals surface area contributed by atoms with Gasteiger partial charge in [-0.2, -0.15) is 0 Å². The predicted octanol–water partition coefficient (Wildman–Crippen LogP) is 4.17. The lowest BCUT2D eigenvalue weighted by atomic mass is 9.96. The maximum atomic E-state index is 12.7. The molecular formula is C21H23N3O3S. The molecule has 28 heavy (non-hydrogen) atoms. The van der Waals surface area contributed by atoms with E-state index in [-0.39, 0.29) is 11.8 Å². The van der Waals surface area contributed by atoms with Crippen molar-refractivity contribution in [2.24, 2.45) is 5.92 Å². The molecule has 6 nitrogen and oxygen atoms in total. The van der Waals surface area contributed by atoms with Crippen LogP contribution < -0.4 is 19.7 Å². The van der Waals surface area contributed by atoms with E-state index in [0.29, 0.717) is 11.5 Å². The van der Waals surface area contributed by atoms with E-state index < -0.39 is 0 Å². The highest BCUT2D eigenvalue weighted by Crippen LogP contribution is 2.33. The maximum absolute atomic E-state index is 12.7. The van der Waals surface area contributed by atoms with Crippen LogP contribution in [0.15, 0.2) is 42.5 Å². The van der Waals surface area contributed by atoms with Gasteiger partial charge in [-0.25, -0.2) is 4.98 Å². The van der Waals surface area contributed by atoms with Crippen LogP contribution in [-0.2, 0) is 4.79 Å². The number of fused-ring (bicyclic) bond motifs is 1. The van der Waals surface area contributed by atoms with Crippen molar-refractivity contribution in [2.45, 2.75) is 12.8 Å². The number of hydrogen-bond acceptors (Lipinski definition) is 6. The Balaban J connectivity index is 1.37. The number of para-hydroxylation sites is 1. The van der Waals surface area contributed by atoms with Gasteiger partial charge in [-0.3, -0.25) is 4.79 Å². The fourth-order valence-electron chi connectivity index (χ4n) is 3.49. The summed E-state index contributed by atoms with van der Waals surface area (Å²) in [4.78, 5) is 19.7. The normalized spacial score (nSPS) is 14.9. The zero-order valence-electron chi connectivity index (χ0n) is 16.0. The Hall–Kier alpha value is -2.80. The molecule has 0 radical (unpaired) electrons. The highest BCUT2D eigenvalue weighted by Gasteiger charge is 2.26. The number of carbonyl (C=O) groups excluding carboxylic acids is 1. The topological polar surface area (TPSA) is 63.7 Å². The third-order valence-corrected chi connectivity index (χ3v) is 6.17. The number of amides is 1. The molecular weight excluding hydrogens is 374 g/mol. The standard InChI is InChI=1S/C21H23N3O3S/c1-26-17-8-7-15(13-18(17)27-2)22-20(25)14-9-11-24(12-10-14)21-23-16-5-3-4-6-19(16)28-21/h3-8,13-14H,9-12H2,1-2H3,(H,22,25). The number of nitrogens with one attached hydrogen (secondary N) is 1. The molecule has 1 aromatic heterocycles. The quantitative estimate of drug-likeness (QED) is 0.700. The van der Waals surface area contributed by atoms with Crippen molar-refractivity contribution in [2.75, 3.05) is 37.5 Å². The smallest absolute Gasteiger partial charge is 0.227 e. The first kappa shape index (κ1) is 18.6. The van der Waals surface area contributed by atoms with Gasteiger partial charge < -0.3 is 19.7 Å².